The van der Waals surface area contributed by atoms with Crippen LogP contribution in [0.4, 0.5) is 11.4 Å². The lowest BCUT2D eigenvalue weighted by molar-refractivity contribution is -0.385. The Bertz CT molecular complexity index is 459. The lowest BCUT2D eigenvalue weighted by Gasteiger charge is -2.25. The average Bonchev–Trinajstić information content (AvgIpc) is 2.37. The monoisotopic (exact) mass is 376 g/mol. The first kappa shape index (κ1) is 14.5. The van der Waals surface area contributed by atoms with Crippen LogP contribution in [0.1, 0.15) is 25.7 Å². The first-order valence-electron chi connectivity index (χ1n) is 6.42. The van der Waals surface area contributed by atoms with Crippen molar-refractivity contribution in [2.75, 3.05) is 11.9 Å². The molecule has 2 rings (SSSR count). The number of hydrogen-bond donors (Lipinski definition) is 2. The zero-order chi connectivity index (χ0) is 13.8. The summed E-state index contributed by atoms with van der Waals surface area (Å²) in [5, 5.41) is 23.5. The minimum Gasteiger partial charge on any atom is -0.393 e. The Labute approximate surface area is 125 Å². The molecule has 1 saturated carbocycles. The predicted octanol–water partition coefficient (Wildman–Crippen LogP) is 3.16. The van der Waals surface area contributed by atoms with E-state index in [9.17, 15) is 15.2 Å². The van der Waals surface area contributed by atoms with Crippen molar-refractivity contribution in [1.82, 2.24) is 0 Å². The van der Waals surface area contributed by atoms with Gasteiger partial charge in [0.1, 0.15) is 0 Å². The third-order valence-electron chi connectivity index (χ3n) is 3.56. The molecule has 0 unspecified atom stereocenters. The summed E-state index contributed by atoms with van der Waals surface area (Å²) in [5.41, 5.74) is 1.06. The second-order valence-electron chi connectivity index (χ2n) is 4.98. The molecular weight excluding hydrogens is 359 g/mol. The van der Waals surface area contributed by atoms with Crippen LogP contribution < -0.4 is 5.32 Å². The van der Waals surface area contributed by atoms with E-state index >= 15 is 0 Å². The highest BCUT2D eigenvalue weighted by Crippen LogP contribution is 2.27. The summed E-state index contributed by atoms with van der Waals surface area (Å²) in [7, 11) is 0. The van der Waals surface area contributed by atoms with Gasteiger partial charge in [-0.05, 0) is 66.3 Å². The van der Waals surface area contributed by atoms with E-state index in [1.807, 2.05) is 22.6 Å². The van der Waals surface area contributed by atoms with Crippen LogP contribution in [-0.2, 0) is 0 Å². The number of nitro groups is 1. The molecule has 0 radical (unpaired) electrons. The van der Waals surface area contributed by atoms with Gasteiger partial charge in [-0.25, -0.2) is 0 Å². The van der Waals surface area contributed by atoms with Crippen LogP contribution in [0.5, 0.6) is 0 Å². The van der Waals surface area contributed by atoms with Crippen molar-refractivity contribution in [2.24, 2.45) is 5.92 Å². The predicted molar refractivity (Wildman–Crippen MR) is 82.3 cm³/mol. The fourth-order valence-corrected chi connectivity index (χ4v) is 3.09. The van der Waals surface area contributed by atoms with Crippen molar-refractivity contribution in [1.29, 1.82) is 0 Å². The van der Waals surface area contributed by atoms with Crippen LogP contribution >= 0.6 is 22.6 Å². The molecule has 0 atom stereocenters. The highest BCUT2D eigenvalue weighted by atomic mass is 127. The lowest BCUT2D eigenvalue weighted by Crippen LogP contribution is -2.23. The number of hydrogen-bond acceptors (Lipinski definition) is 4. The van der Waals surface area contributed by atoms with E-state index in [0.717, 1.165) is 37.9 Å². The second-order valence-corrected chi connectivity index (χ2v) is 6.14. The quantitative estimate of drug-likeness (QED) is 0.481. The zero-order valence-electron chi connectivity index (χ0n) is 10.5. The molecule has 0 amide bonds. The molecule has 19 heavy (non-hydrogen) atoms. The number of aliphatic hydroxyl groups excluding tert-OH is 1. The van der Waals surface area contributed by atoms with Crippen LogP contribution in [0.3, 0.4) is 0 Å². The number of aliphatic hydroxyl groups is 1. The number of rotatable bonds is 4. The third-order valence-corrected chi connectivity index (χ3v) is 4.42. The van der Waals surface area contributed by atoms with E-state index < -0.39 is 0 Å². The van der Waals surface area contributed by atoms with E-state index in [0.29, 0.717) is 9.49 Å². The molecule has 0 bridgehead atoms. The van der Waals surface area contributed by atoms with Crippen LogP contribution in [0.2, 0.25) is 0 Å². The lowest BCUT2D eigenvalue weighted by atomic mass is 9.87. The number of anilines is 1. The standard InChI is InChI=1S/C13H17IN2O3/c14-12-7-10(3-6-13(12)16(18)19)15-8-9-1-4-11(17)5-2-9/h3,6-7,9,11,15,17H,1-2,4-5,8H2. The maximum absolute atomic E-state index is 10.7. The van der Waals surface area contributed by atoms with Crippen molar-refractivity contribution in [2.45, 2.75) is 31.8 Å². The molecule has 6 heteroatoms. The summed E-state index contributed by atoms with van der Waals surface area (Å²) >= 11 is 1.98. The molecule has 1 aromatic carbocycles. The van der Waals surface area contributed by atoms with Crippen molar-refractivity contribution in [3.63, 3.8) is 0 Å². The first-order valence-corrected chi connectivity index (χ1v) is 7.50. The smallest absolute Gasteiger partial charge is 0.282 e. The van der Waals surface area contributed by atoms with Gasteiger partial charge in [0.05, 0.1) is 14.6 Å². The van der Waals surface area contributed by atoms with E-state index in [4.69, 9.17) is 0 Å². The highest BCUT2D eigenvalue weighted by Gasteiger charge is 2.19. The highest BCUT2D eigenvalue weighted by molar-refractivity contribution is 14.1. The molecule has 5 nitrogen and oxygen atoms in total. The number of halogens is 1. The summed E-state index contributed by atoms with van der Waals surface area (Å²) in [5.74, 6) is 0.580. The minimum absolute atomic E-state index is 0.128. The first-order chi connectivity index (χ1) is 9.06. The molecule has 2 N–H and O–H groups in total. The van der Waals surface area contributed by atoms with Gasteiger partial charge in [-0.2, -0.15) is 0 Å². The van der Waals surface area contributed by atoms with Gasteiger partial charge in [0.25, 0.3) is 5.69 Å². The molecule has 1 aromatic rings. The molecule has 0 aliphatic heterocycles. The summed E-state index contributed by atoms with van der Waals surface area (Å²) in [6.45, 7) is 0.862. The van der Waals surface area contributed by atoms with Crippen molar-refractivity contribution >= 4 is 34.0 Å². The number of nitro benzene ring substituents is 1. The average molecular weight is 376 g/mol. The Kier molecular flexibility index (Phi) is 4.98. The molecule has 0 saturated heterocycles. The van der Waals surface area contributed by atoms with Gasteiger partial charge >= 0.3 is 0 Å². The number of benzene rings is 1. The Balaban J connectivity index is 1.89. The maximum Gasteiger partial charge on any atom is 0.282 e. The van der Waals surface area contributed by atoms with Crippen LogP contribution in [0, 0.1) is 19.6 Å². The molecular formula is C13H17IN2O3. The number of nitrogens with one attached hydrogen (secondary N) is 1. The summed E-state index contributed by atoms with van der Waals surface area (Å²) in [6.07, 6.45) is 3.71. The Morgan fingerprint density at radius 3 is 2.63 bits per heavy atom. The van der Waals surface area contributed by atoms with Crippen molar-refractivity contribution < 1.29 is 10.0 Å². The third kappa shape index (κ3) is 4.04. The Morgan fingerprint density at radius 2 is 2.05 bits per heavy atom. The maximum atomic E-state index is 10.7. The molecule has 0 heterocycles. The van der Waals surface area contributed by atoms with Gasteiger partial charge in [-0.3, -0.25) is 10.1 Å². The van der Waals surface area contributed by atoms with Gasteiger partial charge in [0, 0.05) is 18.3 Å². The zero-order valence-corrected chi connectivity index (χ0v) is 12.7. The van der Waals surface area contributed by atoms with Crippen LogP contribution in [-0.4, -0.2) is 22.7 Å². The fraction of sp³-hybridized carbons (Fsp3) is 0.538. The van der Waals surface area contributed by atoms with E-state index in [-0.39, 0.29) is 16.7 Å². The minimum atomic E-state index is -0.367. The van der Waals surface area contributed by atoms with Gasteiger partial charge in [-0.1, -0.05) is 0 Å². The molecule has 104 valence electrons. The molecule has 0 spiro atoms. The van der Waals surface area contributed by atoms with Crippen LogP contribution in [0.25, 0.3) is 0 Å². The van der Waals surface area contributed by atoms with Gasteiger partial charge in [0.15, 0.2) is 0 Å². The SMILES string of the molecule is O=[N+]([O-])c1ccc(NCC2CCC(O)CC2)cc1I. The van der Waals surface area contributed by atoms with Gasteiger partial charge in [-0.15, -0.1) is 0 Å². The topological polar surface area (TPSA) is 75.4 Å². The Hall–Kier alpha value is -0.890. The molecule has 1 fully saturated rings. The summed E-state index contributed by atoms with van der Waals surface area (Å²) < 4.78 is 0.645. The van der Waals surface area contributed by atoms with Gasteiger partial charge in [0.2, 0.25) is 0 Å². The van der Waals surface area contributed by atoms with Crippen molar-refractivity contribution in [3.8, 4) is 0 Å². The Morgan fingerprint density at radius 1 is 1.37 bits per heavy atom. The largest absolute Gasteiger partial charge is 0.393 e. The summed E-state index contributed by atoms with van der Waals surface area (Å²) in [6, 6.07) is 5.09. The van der Waals surface area contributed by atoms with Crippen molar-refractivity contribution in [3.05, 3.63) is 31.9 Å². The fourth-order valence-electron chi connectivity index (χ4n) is 2.38. The van der Waals surface area contributed by atoms with E-state index in [1.165, 1.54) is 6.07 Å². The number of nitrogens with zero attached hydrogens (tertiary/aromatic N) is 1. The second kappa shape index (κ2) is 6.51. The molecule has 1 aliphatic carbocycles. The van der Waals surface area contributed by atoms with Crippen LogP contribution in [0.15, 0.2) is 18.2 Å². The molecule has 0 aromatic heterocycles. The summed E-state index contributed by atoms with van der Waals surface area (Å²) in [4.78, 5) is 10.4. The normalized spacial score (nSPS) is 23.1. The van der Waals surface area contributed by atoms with Gasteiger partial charge < -0.3 is 10.4 Å². The van der Waals surface area contributed by atoms with E-state index in [2.05, 4.69) is 5.32 Å². The molecule has 1 aliphatic rings. The van der Waals surface area contributed by atoms with E-state index in [1.54, 1.807) is 12.1 Å².